The van der Waals surface area contributed by atoms with Gasteiger partial charge in [-0.05, 0) is 18.6 Å². The third-order valence-electron chi connectivity index (χ3n) is 1.65. The number of H-pyrrole nitrogens is 1. The van der Waals surface area contributed by atoms with E-state index in [-0.39, 0.29) is 0 Å². The molecule has 0 bridgehead atoms. The van der Waals surface area contributed by atoms with Crippen molar-refractivity contribution in [3.8, 4) is 10.7 Å². The van der Waals surface area contributed by atoms with Crippen molar-refractivity contribution >= 4 is 25.2 Å². The second kappa shape index (κ2) is 3.00. The highest BCUT2D eigenvalue weighted by Crippen LogP contribution is 2.25. The molecule has 2 rings (SSSR count). The van der Waals surface area contributed by atoms with Crippen molar-refractivity contribution in [2.75, 3.05) is 0 Å². The molecule has 4 heteroatoms. The van der Waals surface area contributed by atoms with Crippen LogP contribution in [0.15, 0.2) is 18.5 Å². The number of hydrogen-bond donors (Lipinski definition) is 1. The number of rotatable bonds is 1. The average Bonchev–Trinajstić information content (AvgIpc) is 2.58. The van der Waals surface area contributed by atoms with Crippen molar-refractivity contribution in [2.45, 2.75) is 6.92 Å². The Hall–Kier alpha value is -0.660. The fourth-order valence-corrected chi connectivity index (χ4v) is 2.63. The molecular weight excluding hydrogens is 187 g/mol. The highest BCUT2D eigenvalue weighted by molar-refractivity contribution is 7.44. The topological polar surface area (TPSA) is 28.7 Å². The van der Waals surface area contributed by atoms with Gasteiger partial charge in [0.05, 0.1) is 4.88 Å². The quantitative estimate of drug-likeness (QED) is 0.694. The number of aryl methyl sites for hydroxylation is 1. The third kappa shape index (κ3) is 1.30. The second-order valence-electron chi connectivity index (χ2n) is 2.60. The molecule has 0 saturated heterocycles. The van der Waals surface area contributed by atoms with Gasteiger partial charge in [0.25, 0.3) is 0 Å². The Bertz CT molecular complexity index is 378. The Morgan fingerprint density at radius 1 is 1.58 bits per heavy atom. The Morgan fingerprint density at radius 2 is 2.42 bits per heavy atom. The predicted octanol–water partition coefficient (Wildman–Crippen LogP) is 1.95. The molecule has 0 aliphatic rings. The molecule has 2 nitrogen and oxygen atoms in total. The monoisotopic (exact) mass is 196 g/mol. The molecule has 62 valence electrons. The Kier molecular flexibility index (Phi) is 1.99. The van der Waals surface area contributed by atoms with Crippen LogP contribution in [0.25, 0.3) is 10.7 Å². The highest BCUT2D eigenvalue weighted by Gasteiger charge is 2.06. The number of nitrogens with zero attached hydrogens (tertiary/aromatic N) is 1. The minimum absolute atomic E-state index is 0.964. The zero-order valence-electron chi connectivity index (χ0n) is 6.66. The maximum Gasteiger partial charge on any atom is 0.147 e. The SMILES string of the molecule is Cc1cc(P)sc1-c1ncc[nH]1. The molecule has 0 aliphatic heterocycles. The Morgan fingerprint density at radius 3 is 2.92 bits per heavy atom. The van der Waals surface area contributed by atoms with Crippen molar-refractivity contribution < 1.29 is 0 Å². The maximum atomic E-state index is 4.21. The Balaban J connectivity index is 2.54. The molecule has 0 fully saturated rings. The van der Waals surface area contributed by atoms with Crippen LogP contribution in [0.3, 0.4) is 0 Å². The fraction of sp³-hybridized carbons (Fsp3) is 0.125. The van der Waals surface area contributed by atoms with E-state index in [0.717, 1.165) is 5.82 Å². The molecule has 2 aromatic rings. The van der Waals surface area contributed by atoms with Gasteiger partial charge in [-0.2, -0.15) is 0 Å². The van der Waals surface area contributed by atoms with E-state index in [4.69, 9.17) is 0 Å². The van der Waals surface area contributed by atoms with E-state index in [1.807, 2.05) is 6.20 Å². The number of nitrogens with one attached hydrogen (secondary N) is 1. The molecule has 0 saturated carbocycles. The molecule has 0 amide bonds. The van der Waals surface area contributed by atoms with E-state index in [2.05, 4.69) is 32.2 Å². The summed E-state index contributed by atoms with van der Waals surface area (Å²) < 4.78 is 1.25. The lowest BCUT2D eigenvalue weighted by Gasteiger charge is -1.91. The number of aromatic amines is 1. The van der Waals surface area contributed by atoms with E-state index >= 15 is 0 Å². The molecule has 0 aromatic carbocycles. The molecule has 0 aliphatic carbocycles. The first kappa shape index (κ1) is 7.96. The van der Waals surface area contributed by atoms with Gasteiger partial charge in [-0.15, -0.1) is 11.3 Å². The van der Waals surface area contributed by atoms with E-state index in [9.17, 15) is 0 Å². The summed E-state index contributed by atoms with van der Waals surface area (Å²) in [5.74, 6) is 0.964. The smallest absolute Gasteiger partial charge is 0.147 e. The van der Waals surface area contributed by atoms with Gasteiger partial charge in [0.1, 0.15) is 5.82 Å². The lowest BCUT2D eigenvalue weighted by molar-refractivity contribution is 1.31. The summed E-state index contributed by atoms with van der Waals surface area (Å²) >= 11 is 1.74. The first-order chi connectivity index (χ1) is 5.77. The van der Waals surface area contributed by atoms with Crippen LogP contribution >= 0.6 is 20.6 Å². The molecule has 0 radical (unpaired) electrons. The van der Waals surface area contributed by atoms with Crippen LogP contribution in [-0.4, -0.2) is 9.97 Å². The summed E-state index contributed by atoms with van der Waals surface area (Å²) in [7, 11) is 2.71. The van der Waals surface area contributed by atoms with Gasteiger partial charge >= 0.3 is 0 Å². The predicted molar refractivity (Wildman–Crippen MR) is 56.0 cm³/mol. The minimum atomic E-state index is 0.964. The zero-order valence-corrected chi connectivity index (χ0v) is 8.64. The van der Waals surface area contributed by atoms with Crippen molar-refractivity contribution in [2.24, 2.45) is 0 Å². The molecular formula is C8H9N2PS. The summed E-state index contributed by atoms with van der Waals surface area (Å²) in [6.45, 7) is 2.10. The van der Waals surface area contributed by atoms with Gasteiger partial charge in [-0.25, -0.2) is 4.98 Å². The molecule has 2 heterocycles. The average molecular weight is 196 g/mol. The number of hydrogen-bond acceptors (Lipinski definition) is 2. The summed E-state index contributed by atoms with van der Waals surface area (Å²) in [5, 5.41) is 0. The van der Waals surface area contributed by atoms with E-state index in [0.29, 0.717) is 0 Å². The first-order valence-electron chi connectivity index (χ1n) is 3.63. The minimum Gasteiger partial charge on any atom is -0.344 e. The van der Waals surface area contributed by atoms with Crippen molar-refractivity contribution in [1.29, 1.82) is 0 Å². The van der Waals surface area contributed by atoms with Crippen molar-refractivity contribution in [3.63, 3.8) is 0 Å². The van der Waals surface area contributed by atoms with Crippen molar-refractivity contribution in [1.82, 2.24) is 9.97 Å². The summed E-state index contributed by atoms with van der Waals surface area (Å²) in [4.78, 5) is 8.53. The van der Waals surface area contributed by atoms with Crippen LogP contribution in [0.4, 0.5) is 0 Å². The summed E-state index contributed by atoms with van der Waals surface area (Å²) in [6, 6.07) is 2.15. The maximum absolute atomic E-state index is 4.21. The Labute approximate surface area is 77.3 Å². The lowest BCUT2D eigenvalue weighted by atomic mass is 10.3. The van der Waals surface area contributed by atoms with Gasteiger partial charge in [0.2, 0.25) is 0 Å². The molecule has 1 atom stereocenters. The summed E-state index contributed by atoms with van der Waals surface area (Å²) in [5.41, 5.74) is 1.28. The highest BCUT2D eigenvalue weighted by atomic mass is 32.1. The number of thiophene rings is 1. The van der Waals surface area contributed by atoms with Crippen LogP contribution in [0.2, 0.25) is 0 Å². The van der Waals surface area contributed by atoms with Crippen LogP contribution in [0.5, 0.6) is 0 Å². The van der Waals surface area contributed by atoms with Crippen LogP contribution in [0, 0.1) is 6.92 Å². The molecule has 1 unspecified atom stereocenters. The molecule has 2 aromatic heterocycles. The standard InChI is InChI=1S/C8H9N2PS/c1-5-4-6(11)12-7(5)8-9-2-3-10-8/h2-4H,11H2,1H3,(H,9,10). The normalized spacial score (nSPS) is 10.5. The summed E-state index contributed by atoms with van der Waals surface area (Å²) in [6.07, 6.45) is 3.62. The van der Waals surface area contributed by atoms with E-state index < -0.39 is 0 Å². The molecule has 12 heavy (non-hydrogen) atoms. The zero-order chi connectivity index (χ0) is 8.55. The van der Waals surface area contributed by atoms with E-state index in [1.165, 1.54) is 15.1 Å². The lowest BCUT2D eigenvalue weighted by Crippen LogP contribution is -1.76. The molecule has 0 spiro atoms. The van der Waals surface area contributed by atoms with Gasteiger partial charge in [0.15, 0.2) is 0 Å². The largest absolute Gasteiger partial charge is 0.344 e. The van der Waals surface area contributed by atoms with Gasteiger partial charge in [-0.1, -0.05) is 9.24 Å². The van der Waals surface area contributed by atoms with Crippen LogP contribution in [0.1, 0.15) is 5.56 Å². The third-order valence-corrected chi connectivity index (χ3v) is 3.24. The number of aromatic nitrogens is 2. The van der Waals surface area contributed by atoms with Crippen LogP contribution in [-0.2, 0) is 0 Å². The van der Waals surface area contributed by atoms with Gasteiger partial charge in [0, 0.05) is 17.0 Å². The van der Waals surface area contributed by atoms with Gasteiger partial charge < -0.3 is 4.98 Å². The molecule has 1 N–H and O–H groups in total. The number of imidazole rings is 1. The van der Waals surface area contributed by atoms with Gasteiger partial charge in [-0.3, -0.25) is 0 Å². The van der Waals surface area contributed by atoms with Crippen molar-refractivity contribution in [3.05, 3.63) is 24.0 Å². The second-order valence-corrected chi connectivity index (χ2v) is 4.72. The fourth-order valence-electron chi connectivity index (χ4n) is 1.13. The first-order valence-corrected chi connectivity index (χ1v) is 5.02. The van der Waals surface area contributed by atoms with E-state index in [1.54, 1.807) is 17.5 Å². The van der Waals surface area contributed by atoms with Crippen LogP contribution < -0.4 is 4.62 Å².